The zero-order valence-electron chi connectivity index (χ0n) is 20.7. The number of ether oxygens (including phenoxy) is 3. The van der Waals surface area contributed by atoms with Gasteiger partial charge in [0.15, 0.2) is 11.5 Å². The van der Waals surface area contributed by atoms with E-state index in [0.717, 1.165) is 29.7 Å². The smallest absolute Gasteiger partial charge is 0.242 e. The van der Waals surface area contributed by atoms with Crippen LogP contribution in [0.5, 0.6) is 17.2 Å². The lowest BCUT2D eigenvalue weighted by atomic mass is 10.1. The molecule has 7 nitrogen and oxygen atoms in total. The number of para-hydroxylation sites is 2. The summed E-state index contributed by atoms with van der Waals surface area (Å²) in [5, 5.41) is 0. The monoisotopic (exact) mass is 453 g/mol. The summed E-state index contributed by atoms with van der Waals surface area (Å²) in [5.74, 6) is 3.13. The third-order valence-electron chi connectivity index (χ3n) is 5.39. The van der Waals surface area contributed by atoms with Crippen LogP contribution in [-0.4, -0.2) is 54.8 Å². The van der Waals surface area contributed by atoms with Crippen molar-refractivity contribution in [1.29, 1.82) is 0 Å². The maximum atomic E-state index is 13.5. The number of carbonyl (C=O) groups is 1. The second-order valence-corrected chi connectivity index (χ2v) is 9.01. The van der Waals surface area contributed by atoms with E-state index in [4.69, 9.17) is 19.2 Å². The van der Waals surface area contributed by atoms with Gasteiger partial charge in [-0.25, -0.2) is 4.98 Å². The zero-order chi connectivity index (χ0) is 24.1. The maximum absolute atomic E-state index is 13.5. The first-order valence-corrected chi connectivity index (χ1v) is 11.3. The fraction of sp³-hybridized carbons (Fsp3) is 0.462. The van der Waals surface area contributed by atoms with Gasteiger partial charge in [-0.05, 0) is 36.1 Å². The number of aromatic nitrogens is 2. The number of nitrogens with zero attached hydrogens (tertiary/aromatic N) is 3. The van der Waals surface area contributed by atoms with Gasteiger partial charge < -0.3 is 23.7 Å². The van der Waals surface area contributed by atoms with E-state index >= 15 is 0 Å². The molecule has 0 N–H and O–H groups in total. The first-order chi connectivity index (χ1) is 15.8. The van der Waals surface area contributed by atoms with Gasteiger partial charge in [-0.2, -0.15) is 0 Å². The van der Waals surface area contributed by atoms with Crippen molar-refractivity contribution in [2.75, 3.05) is 34.4 Å². The van der Waals surface area contributed by atoms with Crippen molar-refractivity contribution in [2.24, 2.45) is 11.8 Å². The van der Waals surface area contributed by atoms with Crippen LogP contribution in [0, 0.1) is 11.8 Å². The van der Waals surface area contributed by atoms with Crippen LogP contribution < -0.4 is 14.2 Å². The average molecular weight is 454 g/mol. The molecule has 178 valence electrons. The summed E-state index contributed by atoms with van der Waals surface area (Å²) >= 11 is 0. The van der Waals surface area contributed by atoms with Crippen molar-refractivity contribution in [3.8, 4) is 28.6 Å². The Morgan fingerprint density at radius 2 is 1.52 bits per heavy atom. The highest BCUT2D eigenvalue weighted by molar-refractivity contribution is 5.85. The molecule has 0 atom stereocenters. The topological polar surface area (TPSA) is 65.8 Å². The molecule has 0 unspecified atom stereocenters. The lowest BCUT2D eigenvalue weighted by Crippen LogP contribution is -2.39. The Morgan fingerprint density at radius 3 is 2.03 bits per heavy atom. The van der Waals surface area contributed by atoms with Gasteiger partial charge in [0, 0.05) is 18.7 Å². The zero-order valence-corrected chi connectivity index (χ0v) is 20.7. The second-order valence-electron chi connectivity index (χ2n) is 9.01. The van der Waals surface area contributed by atoms with Crippen molar-refractivity contribution in [3.05, 3.63) is 36.4 Å². The molecule has 1 amide bonds. The standard InChI is InChI=1S/C26H35N3O4/c1-17(2)14-28(15-18(3)4)24(30)16-29-21-11-9-8-10-20(21)27-26(29)19-12-22(31-5)25(33-7)23(13-19)32-6/h8-13,17-18H,14-16H2,1-7H3. The molecule has 3 rings (SSSR count). The molecule has 0 radical (unpaired) electrons. The van der Waals surface area contributed by atoms with Crippen LogP contribution >= 0.6 is 0 Å². The van der Waals surface area contributed by atoms with Crippen LogP contribution in [-0.2, 0) is 11.3 Å². The molecule has 1 heterocycles. The average Bonchev–Trinajstić information content (AvgIpc) is 3.15. The fourth-order valence-electron chi connectivity index (χ4n) is 4.06. The van der Waals surface area contributed by atoms with Crippen molar-refractivity contribution in [1.82, 2.24) is 14.5 Å². The first kappa shape index (κ1) is 24.4. The molecule has 0 aliphatic heterocycles. The van der Waals surface area contributed by atoms with Crippen molar-refractivity contribution in [3.63, 3.8) is 0 Å². The van der Waals surface area contributed by atoms with E-state index in [2.05, 4.69) is 27.7 Å². The Labute approximate surface area is 196 Å². The molecule has 33 heavy (non-hydrogen) atoms. The summed E-state index contributed by atoms with van der Waals surface area (Å²) in [6.45, 7) is 10.2. The van der Waals surface area contributed by atoms with Crippen molar-refractivity contribution >= 4 is 16.9 Å². The van der Waals surface area contributed by atoms with Gasteiger partial charge >= 0.3 is 0 Å². The number of imidazole rings is 1. The number of benzene rings is 2. The lowest BCUT2D eigenvalue weighted by Gasteiger charge is -2.27. The van der Waals surface area contributed by atoms with Gasteiger partial charge in [0.2, 0.25) is 11.7 Å². The molecule has 1 aromatic heterocycles. The summed E-state index contributed by atoms with van der Waals surface area (Å²) in [5.41, 5.74) is 2.52. The number of fused-ring (bicyclic) bond motifs is 1. The van der Waals surface area contributed by atoms with E-state index in [-0.39, 0.29) is 12.5 Å². The van der Waals surface area contributed by atoms with Crippen LogP contribution in [0.1, 0.15) is 27.7 Å². The Balaban J connectivity index is 2.11. The minimum Gasteiger partial charge on any atom is -0.493 e. The quantitative estimate of drug-likeness (QED) is 0.438. The van der Waals surface area contributed by atoms with Gasteiger partial charge in [0.25, 0.3) is 0 Å². The van der Waals surface area contributed by atoms with Gasteiger partial charge in [-0.15, -0.1) is 0 Å². The Hall–Kier alpha value is -3.22. The Kier molecular flexibility index (Phi) is 7.84. The van der Waals surface area contributed by atoms with E-state index in [1.54, 1.807) is 21.3 Å². The van der Waals surface area contributed by atoms with E-state index in [1.165, 1.54) is 0 Å². The third kappa shape index (κ3) is 5.41. The molecule has 7 heteroatoms. The normalized spacial score (nSPS) is 11.3. The highest BCUT2D eigenvalue weighted by Crippen LogP contribution is 2.41. The summed E-state index contributed by atoms with van der Waals surface area (Å²) in [7, 11) is 4.75. The fourth-order valence-corrected chi connectivity index (χ4v) is 4.06. The lowest BCUT2D eigenvalue weighted by molar-refractivity contribution is -0.132. The molecule has 0 bridgehead atoms. The SMILES string of the molecule is COc1cc(-c2nc3ccccc3n2CC(=O)N(CC(C)C)CC(C)C)cc(OC)c1OC. The Bertz CT molecular complexity index is 1070. The summed E-state index contributed by atoms with van der Waals surface area (Å²) in [6, 6.07) is 11.6. The van der Waals surface area contributed by atoms with Crippen molar-refractivity contribution in [2.45, 2.75) is 34.2 Å². The highest BCUT2D eigenvalue weighted by atomic mass is 16.5. The minimum absolute atomic E-state index is 0.0780. The summed E-state index contributed by atoms with van der Waals surface area (Å²) < 4.78 is 18.5. The van der Waals surface area contributed by atoms with Crippen LogP contribution in [0.2, 0.25) is 0 Å². The maximum Gasteiger partial charge on any atom is 0.242 e. The van der Waals surface area contributed by atoms with Gasteiger partial charge in [0.05, 0.1) is 32.4 Å². The van der Waals surface area contributed by atoms with E-state index in [1.807, 2.05) is 45.9 Å². The molecule has 0 aliphatic carbocycles. The summed E-state index contributed by atoms with van der Waals surface area (Å²) in [6.07, 6.45) is 0. The molecule has 0 fully saturated rings. The Morgan fingerprint density at radius 1 is 0.939 bits per heavy atom. The van der Waals surface area contributed by atoms with Gasteiger partial charge in [0.1, 0.15) is 12.4 Å². The number of hydrogen-bond donors (Lipinski definition) is 0. The predicted molar refractivity (Wildman–Crippen MR) is 131 cm³/mol. The minimum atomic E-state index is 0.0780. The number of carbonyl (C=O) groups excluding carboxylic acids is 1. The third-order valence-corrected chi connectivity index (χ3v) is 5.39. The van der Waals surface area contributed by atoms with E-state index < -0.39 is 0 Å². The largest absolute Gasteiger partial charge is 0.493 e. The molecule has 2 aromatic carbocycles. The predicted octanol–water partition coefficient (Wildman–Crippen LogP) is 4.87. The van der Waals surface area contributed by atoms with E-state index in [9.17, 15) is 4.79 Å². The molecular weight excluding hydrogens is 418 g/mol. The van der Waals surface area contributed by atoms with Crippen LogP contribution in [0.15, 0.2) is 36.4 Å². The molecule has 0 saturated carbocycles. The summed E-state index contributed by atoms with van der Waals surface area (Å²) in [4.78, 5) is 20.3. The highest BCUT2D eigenvalue weighted by Gasteiger charge is 2.22. The van der Waals surface area contributed by atoms with Crippen molar-refractivity contribution < 1.29 is 19.0 Å². The number of hydrogen-bond acceptors (Lipinski definition) is 5. The molecule has 3 aromatic rings. The molecular formula is C26H35N3O4. The number of methoxy groups -OCH3 is 3. The van der Waals surface area contributed by atoms with E-state index in [0.29, 0.717) is 34.9 Å². The molecule has 0 spiro atoms. The van der Waals surface area contributed by atoms with Crippen LogP contribution in [0.3, 0.4) is 0 Å². The number of amides is 1. The molecule has 0 aliphatic rings. The number of rotatable bonds is 10. The van der Waals surface area contributed by atoms with Crippen LogP contribution in [0.4, 0.5) is 0 Å². The van der Waals surface area contributed by atoms with Gasteiger partial charge in [-0.1, -0.05) is 39.8 Å². The van der Waals surface area contributed by atoms with Gasteiger partial charge in [-0.3, -0.25) is 4.79 Å². The molecule has 0 saturated heterocycles. The second kappa shape index (κ2) is 10.6. The first-order valence-electron chi connectivity index (χ1n) is 11.3. The van der Waals surface area contributed by atoms with Crippen LogP contribution in [0.25, 0.3) is 22.4 Å².